The number of aromatic nitrogens is 2. The van der Waals surface area contributed by atoms with Crippen molar-refractivity contribution < 1.29 is 0 Å². The Balaban J connectivity index is 2.09. The number of para-hydroxylation sites is 1. The Morgan fingerprint density at radius 2 is 2.10 bits per heavy atom. The van der Waals surface area contributed by atoms with E-state index < -0.39 is 0 Å². The summed E-state index contributed by atoms with van der Waals surface area (Å²) >= 11 is 1.73. The maximum atomic E-state index is 4.52. The van der Waals surface area contributed by atoms with Crippen molar-refractivity contribution in [1.29, 1.82) is 0 Å². The van der Waals surface area contributed by atoms with Crippen molar-refractivity contribution in [3.63, 3.8) is 0 Å². The van der Waals surface area contributed by atoms with Gasteiger partial charge in [0.25, 0.3) is 0 Å². The van der Waals surface area contributed by atoms with Crippen LogP contribution in [0.25, 0.3) is 11.0 Å². The summed E-state index contributed by atoms with van der Waals surface area (Å²) in [6.07, 6.45) is 4.61. The lowest BCUT2D eigenvalue weighted by molar-refractivity contribution is 0.602. The van der Waals surface area contributed by atoms with Crippen LogP contribution in [0, 0.1) is 0 Å². The van der Waals surface area contributed by atoms with Gasteiger partial charge in [0.05, 0.1) is 17.1 Å². The summed E-state index contributed by atoms with van der Waals surface area (Å²) in [6.45, 7) is 3.16. The molecule has 102 valence electrons. The lowest BCUT2D eigenvalue weighted by Gasteiger charge is -2.19. The van der Waals surface area contributed by atoms with E-state index in [-0.39, 0.29) is 6.04 Å². The Labute approximate surface area is 122 Å². The van der Waals surface area contributed by atoms with Crippen molar-refractivity contribution in [3.05, 3.63) is 58.5 Å². The average molecular weight is 283 g/mol. The van der Waals surface area contributed by atoms with Crippen LogP contribution in [-0.2, 0) is 0 Å². The van der Waals surface area contributed by atoms with Gasteiger partial charge in [-0.25, -0.2) is 0 Å². The van der Waals surface area contributed by atoms with E-state index in [2.05, 4.69) is 51.2 Å². The number of hydrogen-bond acceptors (Lipinski definition) is 4. The fourth-order valence-corrected chi connectivity index (χ4v) is 3.07. The van der Waals surface area contributed by atoms with Crippen molar-refractivity contribution in [1.82, 2.24) is 15.3 Å². The third kappa shape index (κ3) is 2.57. The summed E-state index contributed by atoms with van der Waals surface area (Å²) in [5.41, 5.74) is 4.42. The molecule has 2 heterocycles. The van der Waals surface area contributed by atoms with E-state index in [0.29, 0.717) is 0 Å². The second-order valence-corrected chi connectivity index (χ2v) is 5.50. The molecule has 20 heavy (non-hydrogen) atoms. The SMILES string of the molecule is CCCNC(c1ccsc1)c1cccc2nccnc12. The molecule has 3 nitrogen and oxygen atoms in total. The normalized spacial score (nSPS) is 12.7. The molecule has 1 unspecified atom stereocenters. The van der Waals surface area contributed by atoms with Crippen molar-refractivity contribution in [2.45, 2.75) is 19.4 Å². The maximum Gasteiger partial charge on any atom is 0.0937 e. The van der Waals surface area contributed by atoms with E-state index >= 15 is 0 Å². The van der Waals surface area contributed by atoms with Gasteiger partial charge in [0.2, 0.25) is 0 Å². The summed E-state index contributed by atoms with van der Waals surface area (Å²) in [7, 11) is 0. The molecule has 3 aromatic rings. The molecule has 0 radical (unpaired) electrons. The van der Waals surface area contributed by atoms with Gasteiger partial charge >= 0.3 is 0 Å². The number of hydrogen-bond donors (Lipinski definition) is 1. The van der Waals surface area contributed by atoms with Crippen molar-refractivity contribution in [2.24, 2.45) is 0 Å². The Kier molecular flexibility index (Phi) is 4.04. The lowest BCUT2D eigenvalue weighted by atomic mass is 9.99. The smallest absolute Gasteiger partial charge is 0.0937 e. The van der Waals surface area contributed by atoms with Crippen LogP contribution < -0.4 is 5.32 Å². The van der Waals surface area contributed by atoms with E-state index in [9.17, 15) is 0 Å². The molecule has 0 saturated carbocycles. The zero-order valence-electron chi connectivity index (χ0n) is 11.4. The second kappa shape index (κ2) is 6.11. The van der Waals surface area contributed by atoms with E-state index in [0.717, 1.165) is 24.0 Å². The molecule has 2 aromatic heterocycles. The van der Waals surface area contributed by atoms with Gasteiger partial charge in [-0.2, -0.15) is 11.3 Å². The largest absolute Gasteiger partial charge is 0.306 e. The molecule has 0 aliphatic carbocycles. The van der Waals surface area contributed by atoms with Gasteiger partial charge in [-0.1, -0.05) is 19.1 Å². The van der Waals surface area contributed by atoms with Gasteiger partial charge in [-0.05, 0) is 41.4 Å². The highest BCUT2D eigenvalue weighted by atomic mass is 32.1. The van der Waals surface area contributed by atoms with Gasteiger partial charge in [0, 0.05) is 18.0 Å². The molecule has 0 bridgehead atoms. The molecule has 1 atom stereocenters. The topological polar surface area (TPSA) is 37.8 Å². The summed E-state index contributed by atoms with van der Waals surface area (Å²) in [5, 5.41) is 7.93. The molecule has 0 aliphatic rings. The predicted molar refractivity (Wildman–Crippen MR) is 84.0 cm³/mol. The van der Waals surface area contributed by atoms with Crippen LogP contribution in [0.15, 0.2) is 47.4 Å². The molecule has 1 N–H and O–H groups in total. The molecule has 0 fully saturated rings. The summed E-state index contributed by atoms with van der Waals surface area (Å²) < 4.78 is 0. The molecular formula is C16H17N3S. The Bertz CT molecular complexity index is 674. The third-order valence-corrected chi connectivity index (χ3v) is 4.02. The van der Waals surface area contributed by atoms with Gasteiger partial charge in [-0.15, -0.1) is 0 Å². The van der Waals surface area contributed by atoms with Crippen molar-refractivity contribution in [2.75, 3.05) is 6.54 Å². The van der Waals surface area contributed by atoms with E-state index in [1.165, 1.54) is 11.1 Å². The van der Waals surface area contributed by atoms with E-state index in [1.54, 1.807) is 23.7 Å². The highest BCUT2D eigenvalue weighted by Crippen LogP contribution is 2.28. The van der Waals surface area contributed by atoms with Crippen LogP contribution in [0.2, 0.25) is 0 Å². The van der Waals surface area contributed by atoms with Gasteiger partial charge < -0.3 is 5.32 Å². The first kappa shape index (κ1) is 13.2. The second-order valence-electron chi connectivity index (χ2n) is 4.72. The van der Waals surface area contributed by atoms with E-state index in [4.69, 9.17) is 0 Å². The highest BCUT2D eigenvalue weighted by Gasteiger charge is 2.17. The molecule has 0 aliphatic heterocycles. The quantitative estimate of drug-likeness (QED) is 0.774. The summed E-state index contributed by atoms with van der Waals surface area (Å²) in [5.74, 6) is 0. The van der Waals surface area contributed by atoms with Crippen molar-refractivity contribution >= 4 is 22.4 Å². The average Bonchev–Trinajstić information content (AvgIpc) is 3.02. The first-order chi connectivity index (χ1) is 9.90. The summed E-state index contributed by atoms with van der Waals surface area (Å²) in [6, 6.07) is 8.56. The minimum Gasteiger partial charge on any atom is -0.306 e. The van der Waals surface area contributed by atoms with Crippen LogP contribution in [0.5, 0.6) is 0 Å². The fraction of sp³-hybridized carbons (Fsp3) is 0.250. The lowest BCUT2D eigenvalue weighted by Crippen LogP contribution is -2.23. The number of rotatable bonds is 5. The monoisotopic (exact) mass is 283 g/mol. The van der Waals surface area contributed by atoms with Gasteiger partial charge in [-0.3, -0.25) is 9.97 Å². The zero-order valence-corrected chi connectivity index (χ0v) is 12.2. The molecule has 0 spiro atoms. The van der Waals surface area contributed by atoms with Gasteiger partial charge in [0.1, 0.15) is 0 Å². The maximum absolute atomic E-state index is 4.52. The standard InChI is InChI=1S/C16H17N3S/c1-2-7-18-15(12-6-10-20-11-12)13-4-3-5-14-16(13)19-9-8-17-14/h3-6,8-11,15,18H,2,7H2,1H3. The molecular weight excluding hydrogens is 266 g/mol. The Morgan fingerprint density at radius 3 is 2.90 bits per heavy atom. The Hall–Kier alpha value is -1.78. The summed E-state index contributed by atoms with van der Waals surface area (Å²) in [4.78, 5) is 8.92. The number of benzene rings is 1. The number of thiophene rings is 1. The molecule has 4 heteroatoms. The molecule has 1 aromatic carbocycles. The third-order valence-electron chi connectivity index (χ3n) is 3.32. The number of fused-ring (bicyclic) bond motifs is 1. The van der Waals surface area contributed by atoms with Crippen LogP contribution >= 0.6 is 11.3 Å². The van der Waals surface area contributed by atoms with E-state index in [1.807, 2.05) is 6.07 Å². The van der Waals surface area contributed by atoms with Crippen LogP contribution in [0.3, 0.4) is 0 Å². The first-order valence-electron chi connectivity index (χ1n) is 6.85. The Morgan fingerprint density at radius 1 is 1.20 bits per heavy atom. The van der Waals surface area contributed by atoms with Crippen LogP contribution in [-0.4, -0.2) is 16.5 Å². The minimum absolute atomic E-state index is 0.182. The van der Waals surface area contributed by atoms with Crippen LogP contribution in [0.1, 0.15) is 30.5 Å². The molecule has 0 saturated heterocycles. The van der Waals surface area contributed by atoms with Gasteiger partial charge in [0.15, 0.2) is 0 Å². The predicted octanol–water partition coefficient (Wildman–Crippen LogP) is 3.78. The number of nitrogens with zero attached hydrogens (tertiary/aromatic N) is 2. The molecule has 0 amide bonds. The first-order valence-corrected chi connectivity index (χ1v) is 7.79. The zero-order chi connectivity index (χ0) is 13.8. The van der Waals surface area contributed by atoms with Crippen LogP contribution in [0.4, 0.5) is 0 Å². The molecule has 3 rings (SSSR count). The fourth-order valence-electron chi connectivity index (χ4n) is 2.38. The number of nitrogens with one attached hydrogen (secondary N) is 1. The van der Waals surface area contributed by atoms with Crippen molar-refractivity contribution in [3.8, 4) is 0 Å². The minimum atomic E-state index is 0.182. The highest BCUT2D eigenvalue weighted by molar-refractivity contribution is 7.08.